The second-order valence-electron chi connectivity index (χ2n) is 21.3. The highest BCUT2D eigenvalue weighted by atomic mass is 32.1. The van der Waals surface area contributed by atoms with Crippen molar-refractivity contribution in [1.82, 2.24) is 34.5 Å². The maximum atomic E-state index is 15.0. The number of piperazine rings is 1. The molecule has 3 unspecified atom stereocenters. The third-order valence-corrected chi connectivity index (χ3v) is 17.5. The molecule has 404 valence electrons. The van der Waals surface area contributed by atoms with Crippen molar-refractivity contribution in [2.24, 2.45) is 12.5 Å². The normalized spacial score (nSPS) is 23.8. The molecule has 0 spiro atoms. The molecule has 76 heavy (non-hydrogen) atoms. The molecule has 3 aromatic carbocycles. The minimum Gasteiger partial charge on any atom is -0.370 e. The van der Waals surface area contributed by atoms with Crippen LogP contribution >= 0.6 is 18.9 Å². The van der Waals surface area contributed by atoms with Gasteiger partial charge in [-0.05, 0) is 78.4 Å². The van der Waals surface area contributed by atoms with E-state index in [0.717, 1.165) is 47.6 Å². The van der Waals surface area contributed by atoms with Crippen molar-refractivity contribution in [3.63, 3.8) is 0 Å². The van der Waals surface area contributed by atoms with E-state index in [1.807, 2.05) is 48.5 Å². The lowest BCUT2D eigenvalue weighted by Gasteiger charge is -2.42. The average Bonchev–Trinajstić information content (AvgIpc) is 4.19. The molecule has 4 N–H and O–H groups in total. The van der Waals surface area contributed by atoms with E-state index in [0.29, 0.717) is 28.8 Å². The van der Waals surface area contributed by atoms with E-state index in [-0.39, 0.29) is 92.0 Å². The lowest BCUT2D eigenvalue weighted by atomic mass is 9.85. The Kier molecular flexibility index (Phi) is 14.1. The summed E-state index contributed by atoms with van der Waals surface area (Å²) < 4.78 is 56.7. The fraction of sp³-hybridized carbons (Fsp3) is 0.481. The van der Waals surface area contributed by atoms with Gasteiger partial charge in [0.2, 0.25) is 29.5 Å². The Hall–Kier alpha value is -6.36. The molecule has 7 atom stereocenters. The highest BCUT2D eigenvalue weighted by Crippen LogP contribution is 2.59. The Bertz CT molecular complexity index is 3250. The van der Waals surface area contributed by atoms with E-state index in [1.54, 1.807) is 37.6 Å². The SMILES string of the molecule is Cn1c(=O)n(C2CCC(=O)NC2=O)c2ccc(N3C4CCC3CN(C(=O)CO[C@@H]3CCN(C(=O)[C@@H](NC(=O)c5cc6cc(C(F)(F)P(=O)(O)O)ccc6s5)C(C)(C)C)[C@@H]3C(=O)N3CCO[C@H](c5ccccc5)C3)C4)cc21. The number of likely N-dealkylation sites (tertiary alicyclic amines) is 2. The van der Waals surface area contributed by atoms with Gasteiger partial charge in [-0.3, -0.25) is 47.8 Å². The van der Waals surface area contributed by atoms with Gasteiger partial charge in [-0.15, -0.1) is 11.3 Å². The van der Waals surface area contributed by atoms with Crippen LogP contribution in [0.25, 0.3) is 21.1 Å². The molecule has 2 bridgehead atoms. The number of thiophene rings is 1. The van der Waals surface area contributed by atoms with E-state index < -0.39 is 78.2 Å². The summed E-state index contributed by atoms with van der Waals surface area (Å²) in [7, 11) is -4.22. The van der Waals surface area contributed by atoms with Gasteiger partial charge >= 0.3 is 18.9 Å². The van der Waals surface area contributed by atoms with Gasteiger partial charge < -0.3 is 44.2 Å². The summed E-state index contributed by atoms with van der Waals surface area (Å²) in [5.74, 6) is -2.87. The Morgan fingerprint density at radius 3 is 2.30 bits per heavy atom. The summed E-state index contributed by atoms with van der Waals surface area (Å²) in [5.41, 5.74) is -3.76. The topological polar surface area (TPSA) is 242 Å². The van der Waals surface area contributed by atoms with Crippen molar-refractivity contribution in [3.05, 3.63) is 99.3 Å². The molecule has 5 saturated heterocycles. The number of ether oxygens (including phenoxy) is 2. The van der Waals surface area contributed by atoms with Crippen LogP contribution in [0.3, 0.4) is 0 Å². The highest BCUT2D eigenvalue weighted by Gasteiger charge is 2.52. The maximum Gasteiger partial charge on any atom is 0.399 e. The average molecular weight is 1090 g/mol. The first-order valence-corrected chi connectivity index (χ1v) is 27.7. The monoisotopic (exact) mass is 1090 g/mol. The summed E-state index contributed by atoms with van der Waals surface area (Å²) in [4.78, 5) is 122. The molecule has 2 aromatic heterocycles. The number of morpholine rings is 1. The van der Waals surface area contributed by atoms with Crippen LogP contribution < -0.4 is 21.2 Å². The molecule has 5 fully saturated rings. The highest BCUT2D eigenvalue weighted by molar-refractivity contribution is 7.52. The molecule has 24 heteroatoms. The molecule has 10 rings (SSSR count). The largest absolute Gasteiger partial charge is 0.399 e. The van der Waals surface area contributed by atoms with Crippen molar-refractivity contribution in [2.75, 3.05) is 50.8 Å². The van der Waals surface area contributed by atoms with Crippen molar-refractivity contribution in [3.8, 4) is 0 Å². The summed E-state index contributed by atoms with van der Waals surface area (Å²) >= 11 is 0.944. The zero-order valence-electron chi connectivity index (χ0n) is 42.2. The zero-order chi connectivity index (χ0) is 54.2. The fourth-order valence-corrected chi connectivity index (χ4v) is 12.9. The maximum absolute atomic E-state index is 15.0. The number of halogens is 2. The number of aryl methyl sites for hydroxylation is 1. The van der Waals surface area contributed by atoms with Gasteiger partial charge in [0.05, 0.1) is 35.2 Å². The van der Waals surface area contributed by atoms with Gasteiger partial charge in [-0.1, -0.05) is 57.2 Å². The zero-order valence-corrected chi connectivity index (χ0v) is 43.9. The number of carbonyl (C=O) groups excluding carboxylic acids is 6. The lowest BCUT2D eigenvalue weighted by Crippen LogP contribution is -2.60. The van der Waals surface area contributed by atoms with E-state index in [1.165, 1.54) is 26.2 Å². The number of anilines is 1. The number of fused-ring (bicyclic) bond motifs is 4. The second kappa shape index (κ2) is 20.2. The molecule has 0 aliphatic carbocycles. The summed E-state index contributed by atoms with van der Waals surface area (Å²) in [6, 6.07) is 16.1. The number of alkyl halides is 2. The number of imidazole rings is 1. The molecule has 0 saturated carbocycles. The molecule has 20 nitrogen and oxygen atoms in total. The molecule has 5 aliphatic heterocycles. The van der Waals surface area contributed by atoms with E-state index in [2.05, 4.69) is 15.5 Å². The molecule has 7 heterocycles. The van der Waals surface area contributed by atoms with Crippen molar-refractivity contribution >= 4 is 81.2 Å². The van der Waals surface area contributed by atoms with Crippen molar-refractivity contribution in [1.29, 1.82) is 0 Å². The van der Waals surface area contributed by atoms with Gasteiger partial charge in [0.1, 0.15) is 30.8 Å². The molecule has 0 radical (unpaired) electrons. The molecule has 5 aliphatic rings. The predicted octanol–water partition coefficient (Wildman–Crippen LogP) is 4.37. The third-order valence-electron chi connectivity index (χ3n) is 15.4. The number of nitrogens with one attached hydrogen (secondary N) is 2. The van der Waals surface area contributed by atoms with Crippen molar-refractivity contribution < 1.29 is 61.4 Å². The summed E-state index contributed by atoms with van der Waals surface area (Å²) in [6.45, 7) is 6.31. The second-order valence-corrected chi connectivity index (χ2v) is 24.1. The first-order valence-electron chi connectivity index (χ1n) is 25.3. The fourth-order valence-electron chi connectivity index (χ4n) is 11.5. The Balaban J connectivity index is 0.857. The number of hydrogen-bond acceptors (Lipinski definition) is 12. The van der Waals surface area contributed by atoms with Crippen LogP contribution in [0.2, 0.25) is 0 Å². The summed E-state index contributed by atoms with van der Waals surface area (Å²) in [6.07, 6.45) is 0.777. The predicted molar refractivity (Wildman–Crippen MR) is 275 cm³/mol. The van der Waals surface area contributed by atoms with Crippen LogP contribution in [0.1, 0.15) is 85.8 Å². The van der Waals surface area contributed by atoms with E-state index >= 15 is 4.79 Å². The number of amides is 6. The van der Waals surface area contributed by atoms with Crippen LogP contribution in [0.4, 0.5) is 14.5 Å². The smallest absolute Gasteiger partial charge is 0.370 e. The number of hydrogen-bond donors (Lipinski definition) is 4. The van der Waals surface area contributed by atoms with Gasteiger partial charge in [0.25, 0.3) is 5.91 Å². The van der Waals surface area contributed by atoms with Crippen LogP contribution in [0.15, 0.2) is 77.6 Å². The van der Waals surface area contributed by atoms with Gasteiger partial charge in [-0.2, -0.15) is 8.78 Å². The van der Waals surface area contributed by atoms with Crippen LogP contribution in [-0.2, 0) is 50.7 Å². The number of benzene rings is 3. The summed E-state index contributed by atoms with van der Waals surface area (Å²) in [5, 5.41) is 5.31. The number of piperidine rings is 1. The Labute approximate surface area is 439 Å². The van der Waals surface area contributed by atoms with E-state index in [9.17, 15) is 51.9 Å². The minimum atomic E-state index is -5.86. The quantitative estimate of drug-likeness (QED) is 0.100. The molecular weight excluding hydrogens is 1030 g/mol. The lowest BCUT2D eigenvalue weighted by molar-refractivity contribution is -0.156. The molecule has 6 amide bonds. The van der Waals surface area contributed by atoms with Gasteiger partial charge in [-0.25, -0.2) is 4.79 Å². The number of rotatable bonds is 12. The number of imide groups is 1. The Morgan fingerprint density at radius 1 is 0.895 bits per heavy atom. The van der Waals surface area contributed by atoms with Crippen LogP contribution in [-0.4, -0.2) is 145 Å². The van der Waals surface area contributed by atoms with Crippen molar-refractivity contribution in [2.45, 2.75) is 101 Å². The Morgan fingerprint density at radius 2 is 1.62 bits per heavy atom. The number of carbonyl (C=O) groups is 6. The molecular formula is C52H59F2N8O12PS. The standard InChI is InChI=1S/C52H59F2N8O12PS/c1-51(2,3)45(56-47(66)41-23-30-22-31(10-16-40(30)76-41)52(53,54)75(70,71)72)49(68)60-19-18-38(44(60)48(67)58-20-21-73-39(27-58)29-8-6-5-7-9-29)74-28-43(64)59-25-33-11-12-34(26-59)61(33)32-13-14-35-37(24-32)57(4)50(69)62(35)36-15-17-42(63)55-46(36)65/h5-10,13-14,16,22-24,33-34,36,38-39,44-45H,11-12,15,17-21,25-28H2,1-4H3,(H,56,66)(H,55,63,65)(H2,70,71,72)/t33?,34?,36?,38-,39+,44+,45-/m1/s1. The first-order chi connectivity index (χ1) is 36.0. The van der Waals surface area contributed by atoms with Gasteiger partial charge in [0.15, 0.2) is 0 Å². The number of nitrogens with zero attached hydrogens (tertiary/aromatic N) is 6. The van der Waals surface area contributed by atoms with Gasteiger partial charge in [0, 0.05) is 67.7 Å². The first kappa shape index (κ1) is 53.1. The third kappa shape index (κ3) is 9.85. The minimum absolute atomic E-state index is 0.0479. The molecule has 5 aromatic rings. The van der Waals surface area contributed by atoms with E-state index in [4.69, 9.17) is 9.47 Å². The van der Waals surface area contributed by atoms with Crippen LogP contribution in [0, 0.1) is 5.41 Å². The van der Waals surface area contributed by atoms with Crippen LogP contribution in [0.5, 0.6) is 0 Å². The number of aromatic nitrogens is 2.